The molecule has 368 valence electrons. The number of fused-ring (bicyclic) bond motifs is 3. The maximum Gasteiger partial charge on any atom is 0.248 e. The molecule has 0 radical (unpaired) electrons. The SMILES string of the molecule is CC(C)C(C(=O)N1C[C@H](O)C[C@H]1C(=O)NCc1ccc2cnn(C)c2c1)n1nnc2c1CCC(CCCN1CCCN(c3nccc(-c4noc([C@@]5(C)CCCc6sc(N)c(C#N)c65)n4)n3)[C@@H](C)C1)C2. The lowest BCUT2D eigenvalue weighted by molar-refractivity contribution is -0.142. The summed E-state index contributed by atoms with van der Waals surface area (Å²) in [5.74, 6) is 1.36. The van der Waals surface area contributed by atoms with E-state index in [1.54, 1.807) is 22.0 Å². The number of likely N-dealkylation sites (tertiary alicyclic amines) is 1. The van der Waals surface area contributed by atoms with Gasteiger partial charge in [-0.15, -0.1) is 16.4 Å². The normalized spacial score (nSPS) is 23.3. The zero-order valence-corrected chi connectivity index (χ0v) is 41.5. The molecule has 5 aromatic heterocycles. The molecule has 10 rings (SSSR count). The van der Waals surface area contributed by atoms with E-state index >= 15 is 0 Å². The van der Waals surface area contributed by atoms with Crippen LogP contribution in [0.1, 0.15) is 118 Å². The molecule has 7 heterocycles. The van der Waals surface area contributed by atoms with Gasteiger partial charge in [0.1, 0.15) is 28.8 Å². The fourth-order valence-electron chi connectivity index (χ4n) is 11.5. The molecule has 2 saturated heterocycles. The number of aliphatic hydroxyl groups is 1. The molecule has 0 bridgehead atoms. The van der Waals surface area contributed by atoms with Gasteiger partial charge in [-0.05, 0) is 114 Å². The Morgan fingerprint density at radius 3 is 2.83 bits per heavy atom. The topological polar surface area (TPSA) is 239 Å². The third-order valence-electron chi connectivity index (χ3n) is 15.2. The van der Waals surface area contributed by atoms with E-state index < -0.39 is 23.6 Å². The Hall–Kier alpha value is -6.30. The molecule has 19 nitrogen and oxygen atoms in total. The van der Waals surface area contributed by atoms with Crippen molar-refractivity contribution in [2.24, 2.45) is 18.9 Å². The van der Waals surface area contributed by atoms with Crippen LogP contribution in [0, 0.1) is 23.2 Å². The van der Waals surface area contributed by atoms with E-state index in [4.69, 9.17) is 25.2 Å². The molecule has 2 amide bonds. The number of hydrogen-bond donors (Lipinski definition) is 3. The summed E-state index contributed by atoms with van der Waals surface area (Å²) >= 11 is 1.48. The molecular weight excluding hydrogens is 907 g/mol. The van der Waals surface area contributed by atoms with Gasteiger partial charge in [-0.2, -0.15) is 15.3 Å². The third-order valence-corrected chi connectivity index (χ3v) is 16.3. The summed E-state index contributed by atoms with van der Waals surface area (Å²) in [4.78, 5) is 50.1. The quantitative estimate of drug-likeness (QED) is 0.136. The number of rotatable bonds is 13. The van der Waals surface area contributed by atoms with Crippen LogP contribution < -0.4 is 16.0 Å². The van der Waals surface area contributed by atoms with Gasteiger partial charge in [-0.3, -0.25) is 14.3 Å². The summed E-state index contributed by atoms with van der Waals surface area (Å²) in [6.07, 6.45) is 11.3. The fraction of sp³-hybridized carbons (Fsp3) is 0.560. The largest absolute Gasteiger partial charge is 0.391 e. The molecule has 2 aliphatic carbocycles. The van der Waals surface area contributed by atoms with Crippen molar-refractivity contribution >= 4 is 45.0 Å². The Kier molecular flexibility index (Phi) is 13.2. The van der Waals surface area contributed by atoms with E-state index in [0.717, 1.165) is 122 Å². The third kappa shape index (κ3) is 9.03. The van der Waals surface area contributed by atoms with Gasteiger partial charge >= 0.3 is 0 Å². The zero-order chi connectivity index (χ0) is 48.8. The van der Waals surface area contributed by atoms with Crippen LogP contribution in [-0.4, -0.2) is 123 Å². The number of nitrogens with one attached hydrogen (secondary N) is 1. The van der Waals surface area contributed by atoms with Crippen molar-refractivity contribution in [1.29, 1.82) is 5.26 Å². The molecule has 4 aliphatic rings. The Morgan fingerprint density at radius 1 is 1.14 bits per heavy atom. The maximum atomic E-state index is 14.5. The lowest BCUT2D eigenvalue weighted by Gasteiger charge is -2.31. The molecule has 2 fully saturated rings. The highest BCUT2D eigenvalue weighted by Crippen LogP contribution is 2.48. The highest BCUT2D eigenvalue weighted by Gasteiger charge is 2.45. The van der Waals surface area contributed by atoms with Crippen LogP contribution in [0.3, 0.4) is 0 Å². The number of nitriles is 1. The van der Waals surface area contributed by atoms with Crippen molar-refractivity contribution < 1.29 is 19.2 Å². The molecular formula is C50H63N15O4S. The van der Waals surface area contributed by atoms with Gasteiger partial charge in [-0.25, -0.2) is 14.6 Å². The summed E-state index contributed by atoms with van der Waals surface area (Å²) in [6.45, 7) is 12.4. The second-order valence-corrected chi connectivity index (χ2v) is 21.6. The average molecular weight is 970 g/mol. The molecule has 0 spiro atoms. The van der Waals surface area contributed by atoms with Crippen molar-refractivity contribution in [3.63, 3.8) is 0 Å². The molecule has 2 aliphatic heterocycles. The zero-order valence-electron chi connectivity index (χ0n) is 40.7. The van der Waals surface area contributed by atoms with E-state index in [2.05, 4.69) is 55.6 Å². The van der Waals surface area contributed by atoms with Crippen LogP contribution in [-0.2, 0) is 47.9 Å². The second-order valence-electron chi connectivity index (χ2n) is 20.4. The minimum atomic E-state index is -0.792. The number of β-amino-alcohol motifs (C(OH)–C–C–N with tert-alkyl or cyclic N) is 1. The number of nitrogen functional groups attached to an aromatic ring is 1. The fourth-order valence-corrected chi connectivity index (χ4v) is 12.7. The molecule has 6 aromatic rings. The second kappa shape index (κ2) is 19.5. The number of hydrogen-bond acceptors (Lipinski definition) is 16. The molecule has 20 heteroatoms. The summed E-state index contributed by atoms with van der Waals surface area (Å²) in [5.41, 5.74) is 11.5. The number of anilines is 2. The van der Waals surface area contributed by atoms with Gasteiger partial charge in [0.15, 0.2) is 0 Å². The summed E-state index contributed by atoms with van der Waals surface area (Å²) < 4.78 is 9.53. The van der Waals surface area contributed by atoms with Crippen molar-refractivity contribution in [3.05, 3.63) is 75.5 Å². The number of thiophene rings is 1. The number of amides is 2. The molecule has 2 unspecified atom stereocenters. The smallest absolute Gasteiger partial charge is 0.248 e. The number of aromatic nitrogens is 9. The van der Waals surface area contributed by atoms with E-state index in [9.17, 15) is 20.0 Å². The monoisotopic (exact) mass is 969 g/mol. The van der Waals surface area contributed by atoms with E-state index in [0.29, 0.717) is 46.4 Å². The predicted octanol–water partition coefficient (Wildman–Crippen LogP) is 5.12. The summed E-state index contributed by atoms with van der Waals surface area (Å²) in [7, 11) is 1.88. The minimum absolute atomic E-state index is 0.0952. The highest BCUT2D eigenvalue weighted by atomic mass is 32.1. The van der Waals surface area contributed by atoms with Crippen LogP contribution in [0.15, 0.2) is 41.2 Å². The van der Waals surface area contributed by atoms with E-state index in [1.165, 1.54) is 11.3 Å². The number of nitrogens with zero attached hydrogens (tertiary/aromatic N) is 13. The van der Waals surface area contributed by atoms with Crippen molar-refractivity contribution in [2.75, 3.05) is 43.4 Å². The molecule has 70 heavy (non-hydrogen) atoms. The van der Waals surface area contributed by atoms with Crippen molar-refractivity contribution in [3.8, 4) is 17.6 Å². The number of benzene rings is 1. The Bertz CT molecular complexity index is 2930. The first-order chi connectivity index (χ1) is 33.8. The van der Waals surface area contributed by atoms with Crippen LogP contribution in [0.4, 0.5) is 10.9 Å². The van der Waals surface area contributed by atoms with Gasteiger partial charge in [-0.1, -0.05) is 36.4 Å². The first-order valence-electron chi connectivity index (χ1n) is 24.9. The first kappa shape index (κ1) is 47.4. The van der Waals surface area contributed by atoms with Gasteiger partial charge in [0.05, 0.1) is 40.2 Å². The van der Waals surface area contributed by atoms with Crippen LogP contribution in [0.5, 0.6) is 0 Å². The molecule has 4 N–H and O–H groups in total. The Morgan fingerprint density at radius 2 is 2.00 bits per heavy atom. The maximum absolute atomic E-state index is 14.5. The van der Waals surface area contributed by atoms with Gasteiger partial charge in [0.2, 0.25) is 29.5 Å². The molecule has 1 aromatic carbocycles. The number of aryl methyl sites for hydroxylation is 2. The lowest BCUT2D eigenvalue weighted by Crippen LogP contribution is -2.49. The highest BCUT2D eigenvalue weighted by molar-refractivity contribution is 7.16. The van der Waals surface area contributed by atoms with Crippen molar-refractivity contribution in [1.82, 2.24) is 60.0 Å². The molecule has 6 atom stereocenters. The van der Waals surface area contributed by atoms with E-state index in [-0.39, 0.29) is 36.7 Å². The predicted molar refractivity (Wildman–Crippen MR) is 263 cm³/mol. The van der Waals surface area contributed by atoms with Crippen LogP contribution in [0.25, 0.3) is 22.4 Å². The lowest BCUT2D eigenvalue weighted by atomic mass is 9.72. The van der Waals surface area contributed by atoms with Crippen LogP contribution in [0.2, 0.25) is 0 Å². The number of nitrogens with two attached hydrogens (primary N) is 1. The Balaban J connectivity index is 0.729. The van der Waals surface area contributed by atoms with E-state index in [1.807, 2.05) is 49.8 Å². The first-order valence-corrected chi connectivity index (χ1v) is 25.7. The Labute approximate surface area is 411 Å². The molecule has 0 saturated carbocycles. The average Bonchev–Trinajstić information content (AvgIpc) is 4.19. The number of carbonyl (C=O) groups excluding carboxylic acids is 2. The minimum Gasteiger partial charge on any atom is -0.391 e. The van der Waals surface area contributed by atoms with Crippen LogP contribution >= 0.6 is 11.3 Å². The van der Waals surface area contributed by atoms with Gasteiger partial charge < -0.3 is 35.4 Å². The van der Waals surface area contributed by atoms with Crippen molar-refractivity contribution in [2.45, 2.75) is 128 Å². The number of carbonyl (C=O) groups is 2. The summed E-state index contributed by atoms with van der Waals surface area (Å²) in [5, 5.41) is 43.2. The summed E-state index contributed by atoms with van der Waals surface area (Å²) in [6, 6.07) is 8.83. The van der Waals surface area contributed by atoms with Gasteiger partial charge in [0, 0.05) is 67.7 Å². The standard InChI is InChI=1S/C50H63N15O4S/c1-29(2)43(47(68)64-28-34(66)23-40(64)46(67)54-25-32-11-13-33-26-55-61(5)39(33)22-32)65-38-14-12-31(21-37(38)58-60-65)9-7-18-62-19-8-20-63(30(3)27-62)49-53-17-15-36(56-49)45-57-48(69-59-45)50(4)16-6-10-41-42(50)35(24-51)44(52)70-41/h11,13,15,17,22,26,29-31,34,40,43,66H,6-10,12,14,16,18-21,23,25,27-28,52H2,1-5H3,(H,54,67)/t30-,31?,34+,40-,43?,50-/m0/s1. The van der Waals surface area contributed by atoms with Gasteiger partial charge in [0.25, 0.3) is 0 Å². The number of aliphatic hydroxyl groups excluding tert-OH is 1.